The van der Waals surface area contributed by atoms with Crippen LogP contribution in [0.15, 0.2) is 48.5 Å². The predicted molar refractivity (Wildman–Crippen MR) is 206 cm³/mol. The molecule has 1 unspecified atom stereocenters. The summed E-state index contributed by atoms with van der Waals surface area (Å²) in [4.78, 5) is 58.9. The zero-order valence-corrected chi connectivity index (χ0v) is 31.8. The normalized spacial score (nSPS) is 22.3. The lowest BCUT2D eigenvalue weighted by Crippen LogP contribution is -2.58. The molecule has 1 aromatic heterocycles. The first-order valence-corrected chi connectivity index (χ1v) is 19.6. The molecule has 3 aliphatic heterocycles. The van der Waals surface area contributed by atoms with Gasteiger partial charge in [0.2, 0.25) is 11.8 Å². The van der Waals surface area contributed by atoms with E-state index in [0.717, 1.165) is 64.5 Å². The highest BCUT2D eigenvalue weighted by Crippen LogP contribution is 2.33. The molecule has 3 aromatic rings. The van der Waals surface area contributed by atoms with Crippen LogP contribution in [0.25, 0.3) is 0 Å². The number of hydrogen-bond acceptors (Lipinski definition) is 11. The van der Waals surface area contributed by atoms with Crippen LogP contribution in [-0.4, -0.2) is 108 Å². The number of aromatic nitrogens is 2. The molecule has 4 aliphatic rings. The van der Waals surface area contributed by atoms with E-state index in [1.807, 2.05) is 6.07 Å². The number of benzene rings is 2. The fourth-order valence-corrected chi connectivity index (χ4v) is 8.55. The largest absolute Gasteiger partial charge is 0.490 e. The maximum absolute atomic E-state index is 16.0. The van der Waals surface area contributed by atoms with Crippen molar-refractivity contribution < 1.29 is 28.3 Å². The van der Waals surface area contributed by atoms with E-state index in [2.05, 4.69) is 30.2 Å². The van der Waals surface area contributed by atoms with E-state index in [9.17, 15) is 24.4 Å². The number of nitriles is 1. The number of ether oxygens (including phenoxy) is 1. The van der Waals surface area contributed by atoms with E-state index in [-0.39, 0.29) is 36.2 Å². The molecule has 3 N–H and O–H groups in total. The third kappa shape index (κ3) is 8.87. The summed E-state index contributed by atoms with van der Waals surface area (Å²) in [6.07, 6.45) is 4.30. The lowest BCUT2D eigenvalue weighted by atomic mass is 9.89. The molecule has 1 atom stereocenters. The van der Waals surface area contributed by atoms with Crippen molar-refractivity contribution >= 4 is 46.7 Å². The minimum atomic E-state index is -0.900. The molecular weight excluding hydrogens is 741 g/mol. The third-order valence-corrected chi connectivity index (χ3v) is 11.8. The van der Waals surface area contributed by atoms with E-state index in [1.165, 1.54) is 17.0 Å². The van der Waals surface area contributed by atoms with Crippen molar-refractivity contribution in [2.45, 2.75) is 69.6 Å². The van der Waals surface area contributed by atoms with Crippen LogP contribution >= 0.6 is 11.6 Å². The zero-order chi connectivity index (χ0) is 39.3. The lowest BCUT2D eigenvalue weighted by Gasteiger charge is -2.42. The van der Waals surface area contributed by atoms with Crippen molar-refractivity contribution in [3.63, 3.8) is 0 Å². The number of imide groups is 1. The fraction of sp³-hybridized carbons (Fsp3) is 0.475. The highest BCUT2D eigenvalue weighted by molar-refractivity contribution is 6.31. The number of primary amides is 1. The van der Waals surface area contributed by atoms with Crippen LogP contribution in [0.1, 0.15) is 77.8 Å². The van der Waals surface area contributed by atoms with Gasteiger partial charge in [-0.15, -0.1) is 10.2 Å². The molecule has 7 rings (SSSR count). The van der Waals surface area contributed by atoms with E-state index < -0.39 is 35.5 Å². The molecule has 0 spiro atoms. The number of rotatable bonds is 10. The molecule has 1 saturated carbocycles. The van der Waals surface area contributed by atoms with E-state index in [4.69, 9.17) is 22.1 Å². The number of piperazine rings is 1. The van der Waals surface area contributed by atoms with E-state index >= 15 is 4.39 Å². The van der Waals surface area contributed by atoms with Gasteiger partial charge in [-0.3, -0.25) is 29.4 Å². The smallest absolute Gasteiger partial charge is 0.269 e. The van der Waals surface area contributed by atoms with Gasteiger partial charge in [0.05, 0.1) is 22.3 Å². The van der Waals surface area contributed by atoms with Crippen LogP contribution in [0.4, 0.5) is 15.9 Å². The number of amides is 4. The number of halogens is 2. The maximum atomic E-state index is 16.0. The molecule has 3 saturated heterocycles. The van der Waals surface area contributed by atoms with Gasteiger partial charge in [0.25, 0.3) is 11.8 Å². The van der Waals surface area contributed by atoms with E-state index in [0.29, 0.717) is 53.6 Å². The molecule has 294 valence electrons. The number of nitrogens with zero attached hydrogens (tertiary/aromatic N) is 7. The minimum Gasteiger partial charge on any atom is -0.490 e. The maximum Gasteiger partial charge on any atom is 0.269 e. The van der Waals surface area contributed by atoms with Gasteiger partial charge in [-0.2, -0.15) is 5.26 Å². The first kappa shape index (κ1) is 38.9. The Balaban J connectivity index is 0.943. The Bertz CT molecular complexity index is 1990. The summed E-state index contributed by atoms with van der Waals surface area (Å²) in [7, 11) is 0. The summed E-state index contributed by atoms with van der Waals surface area (Å²) in [6, 6.07) is 13.8. The Morgan fingerprint density at radius 1 is 0.929 bits per heavy atom. The Hall–Kier alpha value is -5.33. The first-order valence-electron chi connectivity index (χ1n) is 19.2. The summed E-state index contributed by atoms with van der Waals surface area (Å²) in [5, 5.41) is 19.9. The summed E-state index contributed by atoms with van der Waals surface area (Å²) < 4.78 is 22.1. The molecule has 16 heteroatoms. The monoisotopic (exact) mass is 785 g/mol. The standard InChI is InChI=1S/C40H45ClFN9O5/c41-32-22-30(5-1-26(32)23-43)56-29-6-2-27(3-7-29)51(35-10-12-37(52)45-39(35)54)40(55)31-8-4-28(21-33(31)42)49-19-17-48(18-20-49)24-25-13-15-50(16-14-25)36-11-9-34(38(44)53)46-47-36/h1,4-5,8-9,11,21-22,25,27,29,35H,2-3,6-7,10,12-20,24H2,(H2,44,53)(H,45,52,54). The number of piperidine rings is 2. The van der Waals surface area contributed by atoms with Crippen LogP contribution in [0.3, 0.4) is 0 Å². The zero-order valence-electron chi connectivity index (χ0n) is 31.0. The molecule has 4 fully saturated rings. The molecule has 14 nitrogen and oxygen atoms in total. The second kappa shape index (κ2) is 17.2. The van der Waals surface area contributed by atoms with Crippen molar-refractivity contribution in [3.8, 4) is 11.8 Å². The van der Waals surface area contributed by atoms with Crippen molar-refractivity contribution in [2.75, 3.05) is 55.6 Å². The van der Waals surface area contributed by atoms with Crippen LogP contribution < -0.4 is 25.6 Å². The second-order valence-electron chi connectivity index (χ2n) is 15.0. The minimum absolute atomic E-state index is 0.0912. The Labute approximate surface area is 329 Å². The van der Waals surface area contributed by atoms with Gasteiger partial charge in [-0.05, 0) is 93.3 Å². The molecule has 56 heavy (non-hydrogen) atoms. The molecular formula is C40H45ClFN9O5. The average molecular weight is 786 g/mol. The summed E-state index contributed by atoms with van der Waals surface area (Å²) in [5.41, 5.74) is 6.38. The number of nitrogens with one attached hydrogen (secondary N) is 1. The molecule has 2 aromatic carbocycles. The highest BCUT2D eigenvalue weighted by atomic mass is 35.5. The first-order chi connectivity index (χ1) is 27.1. The topological polar surface area (TPSA) is 178 Å². The lowest BCUT2D eigenvalue weighted by molar-refractivity contribution is -0.137. The van der Waals surface area contributed by atoms with Crippen LogP contribution in [0, 0.1) is 23.1 Å². The third-order valence-electron chi connectivity index (χ3n) is 11.5. The van der Waals surface area contributed by atoms with Gasteiger partial charge in [-0.1, -0.05) is 11.6 Å². The van der Waals surface area contributed by atoms with Gasteiger partial charge < -0.3 is 25.2 Å². The number of anilines is 2. The van der Waals surface area contributed by atoms with Gasteiger partial charge in [0.15, 0.2) is 11.5 Å². The van der Waals surface area contributed by atoms with Crippen LogP contribution in [-0.2, 0) is 9.59 Å². The van der Waals surface area contributed by atoms with Gasteiger partial charge in [0.1, 0.15) is 23.7 Å². The molecule has 1 aliphatic carbocycles. The Kier molecular flexibility index (Phi) is 12.0. The van der Waals surface area contributed by atoms with Crippen LogP contribution in [0.5, 0.6) is 5.75 Å². The highest BCUT2D eigenvalue weighted by Gasteiger charge is 2.41. The average Bonchev–Trinajstić information content (AvgIpc) is 3.20. The summed E-state index contributed by atoms with van der Waals surface area (Å²) in [5.74, 6) is -0.939. The Morgan fingerprint density at radius 3 is 2.30 bits per heavy atom. The molecule has 4 heterocycles. The molecule has 0 radical (unpaired) electrons. The van der Waals surface area contributed by atoms with Crippen LogP contribution in [0.2, 0.25) is 5.02 Å². The predicted octanol–water partition coefficient (Wildman–Crippen LogP) is 3.92. The number of carbonyl (C=O) groups excluding carboxylic acids is 4. The SMILES string of the molecule is N#Cc1ccc(OC2CCC(N(C(=O)c3ccc(N4CCN(CC5CCN(c6ccc(C(N)=O)nn6)CC5)CC4)cc3F)C3CCC(=O)NC3=O)CC2)cc1Cl. The summed E-state index contributed by atoms with van der Waals surface area (Å²) >= 11 is 6.19. The molecule has 0 bridgehead atoms. The van der Waals surface area contributed by atoms with Crippen molar-refractivity contribution in [1.82, 2.24) is 25.3 Å². The second-order valence-corrected chi connectivity index (χ2v) is 15.4. The molecule has 4 amide bonds. The summed E-state index contributed by atoms with van der Waals surface area (Å²) in [6.45, 7) is 5.78. The van der Waals surface area contributed by atoms with Gasteiger partial charge >= 0.3 is 0 Å². The van der Waals surface area contributed by atoms with Crippen molar-refractivity contribution in [3.05, 3.63) is 76.2 Å². The quantitative estimate of drug-likeness (QED) is 0.285. The van der Waals surface area contributed by atoms with E-state index in [1.54, 1.807) is 36.4 Å². The number of carbonyl (C=O) groups is 4. The van der Waals surface area contributed by atoms with Crippen molar-refractivity contribution in [2.24, 2.45) is 11.7 Å². The van der Waals surface area contributed by atoms with Crippen molar-refractivity contribution in [1.29, 1.82) is 5.26 Å². The van der Waals surface area contributed by atoms with Gasteiger partial charge in [0, 0.05) is 70.0 Å². The number of nitrogens with two attached hydrogens (primary N) is 1. The van der Waals surface area contributed by atoms with Gasteiger partial charge in [-0.25, -0.2) is 4.39 Å². The number of hydrogen-bond donors (Lipinski definition) is 2. The Morgan fingerprint density at radius 2 is 1.68 bits per heavy atom. The fourth-order valence-electron chi connectivity index (χ4n) is 8.34.